The summed E-state index contributed by atoms with van der Waals surface area (Å²) in [5.74, 6) is 0. The highest BCUT2D eigenvalue weighted by Crippen LogP contribution is 2.09. The van der Waals surface area contributed by atoms with Gasteiger partial charge in [0.25, 0.3) is 5.56 Å². The van der Waals surface area contributed by atoms with Gasteiger partial charge in [-0.05, 0) is 23.7 Å². The maximum absolute atomic E-state index is 12.0. The zero-order valence-electron chi connectivity index (χ0n) is 8.59. The third kappa shape index (κ3) is 1.60. The van der Waals surface area contributed by atoms with Crippen molar-refractivity contribution in [1.82, 2.24) is 19.7 Å². The molecule has 0 saturated carbocycles. The molecule has 17 heavy (non-hydrogen) atoms. The Kier molecular flexibility index (Phi) is 2.19. The second-order valence-electron chi connectivity index (χ2n) is 3.49. The summed E-state index contributed by atoms with van der Waals surface area (Å²) in [5, 5.41) is 3.41. The molecular formula is C11H7ClN4O. The highest BCUT2D eigenvalue weighted by atomic mass is 35.5. The number of rotatable bonds is 1. The number of H-pyrrole nitrogens is 1. The van der Waals surface area contributed by atoms with Crippen LogP contribution in [-0.2, 0) is 0 Å². The number of nitrogens with zero attached hydrogens (tertiary/aromatic N) is 3. The van der Waals surface area contributed by atoms with Crippen LogP contribution in [0.5, 0.6) is 0 Å². The lowest BCUT2D eigenvalue weighted by atomic mass is 10.3. The van der Waals surface area contributed by atoms with Crippen molar-refractivity contribution in [2.75, 3.05) is 0 Å². The molecule has 3 aromatic rings. The molecule has 1 N–H and O–H groups in total. The first-order chi connectivity index (χ1) is 8.25. The van der Waals surface area contributed by atoms with Crippen LogP contribution in [-0.4, -0.2) is 19.7 Å². The summed E-state index contributed by atoms with van der Waals surface area (Å²) >= 11 is 5.67. The predicted octanol–water partition coefficient (Wildman–Crippen LogP) is 1.76. The SMILES string of the molecule is O=c1c2cnc(Cl)nc2[nH]n1-c1ccccc1. The number of benzene rings is 1. The molecular weight excluding hydrogens is 240 g/mol. The van der Waals surface area contributed by atoms with E-state index in [0.717, 1.165) is 5.69 Å². The van der Waals surface area contributed by atoms with Gasteiger partial charge in [-0.2, -0.15) is 4.98 Å². The molecule has 0 aliphatic heterocycles. The summed E-state index contributed by atoms with van der Waals surface area (Å²) in [6.07, 6.45) is 1.42. The van der Waals surface area contributed by atoms with E-state index >= 15 is 0 Å². The van der Waals surface area contributed by atoms with Crippen LogP contribution < -0.4 is 5.56 Å². The van der Waals surface area contributed by atoms with Crippen LogP contribution in [0.2, 0.25) is 5.28 Å². The molecule has 6 heteroatoms. The van der Waals surface area contributed by atoms with Crippen LogP contribution in [0.15, 0.2) is 41.3 Å². The van der Waals surface area contributed by atoms with Gasteiger partial charge in [0.05, 0.1) is 5.69 Å². The summed E-state index contributed by atoms with van der Waals surface area (Å²) in [5.41, 5.74) is 0.980. The highest BCUT2D eigenvalue weighted by molar-refractivity contribution is 6.28. The van der Waals surface area contributed by atoms with E-state index in [1.54, 1.807) is 0 Å². The topological polar surface area (TPSA) is 63.6 Å². The molecule has 0 amide bonds. The van der Waals surface area contributed by atoms with E-state index < -0.39 is 0 Å². The quantitative estimate of drug-likeness (QED) is 0.666. The molecule has 0 spiro atoms. The third-order valence-electron chi connectivity index (χ3n) is 2.42. The first-order valence-electron chi connectivity index (χ1n) is 4.94. The van der Waals surface area contributed by atoms with Gasteiger partial charge in [0.1, 0.15) is 5.39 Å². The van der Waals surface area contributed by atoms with Gasteiger partial charge in [0.15, 0.2) is 5.65 Å². The molecule has 0 aliphatic carbocycles. The number of para-hydroxylation sites is 1. The Labute approximate surface area is 101 Å². The van der Waals surface area contributed by atoms with Crippen molar-refractivity contribution in [1.29, 1.82) is 0 Å². The second-order valence-corrected chi connectivity index (χ2v) is 3.83. The number of hydrogen-bond acceptors (Lipinski definition) is 3. The Bertz CT molecular complexity index is 732. The van der Waals surface area contributed by atoms with Gasteiger partial charge >= 0.3 is 0 Å². The van der Waals surface area contributed by atoms with Crippen molar-refractivity contribution in [3.05, 3.63) is 52.2 Å². The lowest BCUT2D eigenvalue weighted by molar-refractivity contribution is 0.858. The van der Waals surface area contributed by atoms with Gasteiger partial charge in [-0.15, -0.1) is 0 Å². The fourth-order valence-electron chi connectivity index (χ4n) is 1.64. The fourth-order valence-corrected chi connectivity index (χ4v) is 1.77. The summed E-state index contributed by atoms with van der Waals surface area (Å²) in [7, 11) is 0. The molecule has 0 radical (unpaired) electrons. The maximum Gasteiger partial charge on any atom is 0.282 e. The molecule has 1 aromatic carbocycles. The monoisotopic (exact) mass is 246 g/mol. The predicted molar refractivity (Wildman–Crippen MR) is 64.5 cm³/mol. The minimum absolute atomic E-state index is 0.110. The second kappa shape index (κ2) is 3.71. The Morgan fingerprint density at radius 3 is 2.76 bits per heavy atom. The Hall–Kier alpha value is -2.14. The molecule has 0 bridgehead atoms. The normalized spacial score (nSPS) is 10.9. The van der Waals surface area contributed by atoms with Crippen LogP contribution in [0.25, 0.3) is 16.7 Å². The van der Waals surface area contributed by atoms with Gasteiger partial charge in [0.2, 0.25) is 5.28 Å². The first kappa shape index (κ1) is 10.0. The van der Waals surface area contributed by atoms with Crippen LogP contribution >= 0.6 is 11.6 Å². The molecule has 5 nitrogen and oxygen atoms in total. The number of nitrogens with one attached hydrogen (secondary N) is 1. The lowest BCUT2D eigenvalue weighted by Gasteiger charge is -1.98. The number of fused-ring (bicyclic) bond motifs is 1. The maximum atomic E-state index is 12.0. The minimum Gasteiger partial charge on any atom is -0.273 e. The van der Waals surface area contributed by atoms with E-state index in [9.17, 15) is 4.79 Å². The summed E-state index contributed by atoms with van der Waals surface area (Å²) in [4.78, 5) is 19.8. The van der Waals surface area contributed by atoms with Crippen molar-refractivity contribution in [2.45, 2.75) is 0 Å². The molecule has 2 heterocycles. The Morgan fingerprint density at radius 1 is 1.24 bits per heavy atom. The van der Waals surface area contributed by atoms with Crippen molar-refractivity contribution in [3.8, 4) is 5.69 Å². The van der Waals surface area contributed by atoms with Crippen molar-refractivity contribution in [2.24, 2.45) is 0 Å². The number of halogens is 1. The molecule has 3 rings (SSSR count). The van der Waals surface area contributed by atoms with E-state index in [4.69, 9.17) is 11.6 Å². The van der Waals surface area contributed by atoms with Crippen LogP contribution in [0, 0.1) is 0 Å². The van der Waals surface area contributed by atoms with E-state index in [2.05, 4.69) is 15.1 Å². The molecule has 0 aliphatic rings. The average Bonchev–Trinajstić information content (AvgIpc) is 2.67. The minimum atomic E-state index is -0.192. The fraction of sp³-hybridized carbons (Fsp3) is 0. The first-order valence-corrected chi connectivity index (χ1v) is 5.32. The van der Waals surface area contributed by atoms with Crippen molar-refractivity contribution >= 4 is 22.6 Å². The smallest absolute Gasteiger partial charge is 0.273 e. The van der Waals surface area contributed by atoms with E-state index in [0.29, 0.717) is 11.0 Å². The van der Waals surface area contributed by atoms with Crippen LogP contribution in [0.3, 0.4) is 0 Å². The van der Waals surface area contributed by atoms with Gasteiger partial charge in [-0.3, -0.25) is 9.89 Å². The third-order valence-corrected chi connectivity index (χ3v) is 2.61. The molecule has 84 valence electrons. The van der Waals surface area contributed by atoms with Gasteiger partial charge in [0, 0.05) is 6.20 Å². The van der Waals surface area contributed by atoms with Gasteiger partial charge in [-0.25, -0.2) is 9.67 Å². The van der Waals surface area contributed by atoms with Gasteiger partial charge in [-0.1, -0.05) is 18.2 Å². The van der Waals surface area contributed by atoms with E-state index in [1.165, 1.54) is 10.9 Å². The Morgan fingerprint density at radius 2 is 2.00 bits per heavy atom. The Balaban J connectivity index is 2.32. The number of aromatic nitrogens is 4. The molecule has 0 saturated heterocycles. The number of aromatic amines is 1. The highest BCUT2D eigenvalue weighted by Gasteiger charge is 2.09. The van der Waals surface area contributed by atoms with E-state index in [-0.39, 0.29) is 10.8 Å². The standard InChI is InChI=1S/C11H7ClN4O/c12-11-13-6-8-9(14-11)15-16(10(8)17)7-4-2-1-3-5-7/h1-6H,(H,13,14,15). The van der Waals surface area contributed by atoms with Gasteiger partial charge < -0.3 is 0 Å². The number of hydrogen-bond donors (Lipinski definition) is 1. The van der Waals surface area contributed by atoms with Crippen LogP contribution in [0.4, 0.5) is 0 Å². The molecule has 0 unspecified atom stereocenters. The summed E-state index contributed by atoms with van der Waals surface area (Å²) < 4.78 is 1.41. The lowest BCUT2D eigenvalue weighted by Crippen LogP contribution is -2.13. The molecule has 2 aromatic heterocycles. The zero-order chi connectivity index (χ0) is 11.8. The molecule has 0 atom stereocenters. The van der Waals surface area contributed by atoms with Crippen molar-refractivity contribution in [3.63, 3.8) is 0 Å². The average molecular weight is 247 g/mol. The summed E-state index contributed by atoms with van der Waals surface area (Å²) in [6, 6.07) is 9.24. The van der Waals surface area contributed by atoms with E-state index in [1.807, 2.05) is 30.3 Å². The largest absolute Gasteiger partial charge is 0.282 e. The van der Waals surface area contributed by atoms with Crippen LogP contribution in [0.1, 0.15) is 0 Å². The van der Waals surface area contributed by atoms with Crippen molar-refractivity contribution < 1.29 is 0 Å². The summed E-state index contributed by atoms with van der Waals surface area (Å²) in [6.45, 7) is 0. The zero-order valence-corrected chi connectivity index (χ0v) is 9.35. The molecule has 0 fully saturated rings.